The zero-order chi connectivity index (χ0) is 17.7. The molecule has 1 amide bonds. The second-order valence-electron chi connectivity index (χ2n) is 6.46. The molecular formula is C21H27NO2. The summed E-state index contributed by atoms with van der Waals surface area (Å²) >= 11 is 0. The summed E-state index contributed by atoms with van der Waals surface area (Å²) < 4.78 is 5.96. The Hall–Kier alpha value is -2.29. The van der Waals surface area contributed by atoms with Gasteiger partial charge >= 0.3 is 0 Å². The molecule has 2 aromatic rings. The van der Waals surface area contributed by atoms with Crippen LogP contribution in [0.3, 0.4) is 0 Å². The molecule has 0 aromatic heterocycles. The summed E-state index contributed by atoms with van der Waals surface area (Å²) in [5.74, 6) is 1.00. The van der Waals surface area contributed by atoms with E-state index in [9.17, 15) is 4.79 Å². The lowest BCUT2D eigenvalue weighted by atomic mass is 9.98. The van der Waals surface area contributed by atoms with E-state index in [1.807, 2.05) is 57.2 Å². The number of hydrogen-bond acceptors (Lipinski definition) is 2. The highest BCUT2D eigenvalue weighted by atomic mass is 16.5. The van der Waals surface area contributed by atoms with E-state index in [-0.39, 0.29) is 5.91 Å². The van der Waals surface area contributed by atoms with E-state index in [1.54, 1.807) is 0 Å². The van der Waals surface area contributed by atoms with Gasteiger partial charge in [0.1, 0.15) is 5.75 Å². The quantitative estimate of drug-likeness (QED) is 0.790. The average molecular weight is 325 g/mol. The molecule has 0 fully saturated rings. The van der Waals surface area contributed by atoms with E-state index in [2.05, 4.69) is 25.2 Å². The maximum Gasteiger partial charge on any atom is 0.265 e. The third-order valence-electron chi connectivity index (χ3n) is 4.20. The highest BCUT2D eigenvalue weighted by Crippen LogP contribution is 2.28. The van der Waals surface area contributed by atoms with Crippen molar-refractivity contribution < 1.29 is 9.53 Å². The average Bonchev–Trinajstić information content (AvgIpc) is 2.55. The van der Waals surface area contributed by atoms with Crippen LogP contribution in [0.4, 0.5) is 5.69 Å². The minimum Gasteiger partial charge on any atom is -0.480 e. The number of para-hydroxylation sites is 2. The Bertz CT molecular complexity index is 707. The molecule has 0 bridgehead atoms. The zero-order valence-corrected chi connectivity index (χ0v) is 15.2. The molecule has 0 saturated heterocycles. The maximum absolute atomic E-state index is 12.8. The summed E-state index contributed by atoms with van der Waals surface area (Å²) in [5, 5.41) is 3.09. The number of rotatable bonds is 6. The predicted molar refractivity (Wildman–Crippen MR) is 99.8 cm³/mol. The Labute approximate surface area is 145 Å². The Morgan fingerprint density at radius 1 is 1.04 bits per heavy atom. The van der Waals surface area contributed by atoms with E-state index in [4.69, 9.17) is 4.74 Å². The topological polar surface area (TPSA) is 38.3 Å². The van der Waals surface area contributed by atoms with Crippen molar-refractivity contribution in [1.29, 1.82) is 0 Å². The highest BCUT2D eigenvalue weighted by Gasteiger charge is 2.21. The summed E-state index contributed by atoms with van der Waals surface area (Å²) in [4.78, 5) is 12.8. The van der Waals surface area contributed by atoms with Gasteiger partial charge < -0.3 is 10.1 Å². The number of anilines is 1. The van der Waals surface area contributed by atoms with Gasteiger partial charge in [0.05, 0.1) is 0 Å². The summed E-state index contributed by atoms with van der Waals surface area (Å²) in [6.07, 6.45) is 0.106. The van der Waals surface area contributed by atoms with Crippen molar-refractivity contribution in [3.05, 3.63) is 59.2 Å². The van der Waals surface area contributed by atoms with E-state index in [1.165, 1.54) is 0 Å². The summed E-state index contributed by atoms with van der Waals surface area (Å²) in [6, 6.07) is 13.9. The van der Waals surface area contributed by atoms with Gasteiger partial charge in [-0.2, -0.15) is 0 Å². The second kappa shape index (κ2) is 8.00. The Kier molecular flexibility index (Phi) is 6.02. The molecule has 24 heavy (non-hydrogen) atoms. The van der Waals surface area contributed by atoms with E-state index in [0.29, 0.717) is 12.3 Å². The number of aryl methyl sites for hydroxylation is 2. The Morgan fingerprint density at radius 3 is 2.33 bits per heavy atom. The van der Waals surface area contributed by atoms with Crippen LogP contribution in [0.25, 0.3) is 0 Å². The first-order valence-electron chi connectivity index (χ1n) is 8.56. The molecule has 1 atom stereocenters. The Balaban J connectivity index is 2.20. The van der Waals surface area contributed by atoms with Crippen molar-refractivity contribution in [2.24, 2.45) is 0 Å². The van der Waals surface area contributed by atoms with Gasteiger partial charge in [0, 0.05) is 5.69 Å². The summed E-state index contributed by atoms with van der Waals surface area (Å²) in [6.45, 7) is 10.2. The molecule has 3 heteroatoms. The smallest absolute Gasteiger partial charge is 0.265 e. The largest absolute Gasteiger partial charge is 0.480 e. The molecule has 2 rings (SSSR count). The standard InChI is InChI=1S/C21H27NO2/c1-6-18(24-19-13-8-7-10-15(19)4)21(23)22-20-16(5)11-9-12-17(20)14(2)3/h7-14,18H,6H2,1-5H3,(H,22,23)/t18-/m0/s1. The van der Waals surface area contributed by atoms with Crippen molar-refractivity contribution in [1.82, 2.24) is 0 Å². The lowest BCUT2D eigenvalue weighted by Gasteiger charge is -2.21. The SMILES string of the molecule is CC[C@H](Oc1ccccc1C)C(=O)Nc1c(C)cccc1C(C)C. The van der Waals surface area contributed by atoms with Crippen LogP contribution < -0.4 is 10.1 Å². The van der Waals surface area contributed by atoms with Gasteiger partial charge in [-0.15, -0.1) is 0 Å². The van der Waals surface area contributed by atoms with Crippen molar-refractivity contribution in [2.45, 2.75) is 53.1 Å². The number of ether oxygens (including phenoxy) is 1. The summed E-state index contributed by atoms with van der Waals surface area (Å²) in [7, 11) is 0. The van der Waals surface area contributed by atoms with Gasteiger partial charge in [0.2, 0.25) is 0 Å². The van der Waals surface area contributed by atoms with Crippen LogP contribution in [0.2, 0.25) is 0 Å². The van der Waals surface area contributed by atoms with Crippen LogP contribution in [-0.2, 0) is 4.79 Å². The molecule has 0 heterocycles. The Morgan fingerprint density at radius 2 is 1.71 bits per heavy atom. The van der Waals surface area contributed by atoms with Gasteiger partial charge in [-0.3, -0.25) is 4.79 Å². The molecule has 0 radical (unpaired) electrons. The number of amides is 1. The van der Waals surface area contributed by atoms with Crippen LogP contribution in [0.5, 0.6) is 5.75 Å². The molecular weight excluding hydrogens is 298 g/mol. The third-order valence-corrected chi connectivity index (χ3v) is 4.20. The fourth-order valence-corrected chi connectivity index (χ4v) is 2.71. The number of benzene rings is 2. The number of carbonyl (C=O) groups is 1. The van der Waals surface area contributed by atoms with Crippen molar-refractivity contribution in [2.75, 3.05) is 5.32 Å². The minimum absolute atomic E-state index is 0.100. The highest BCUT2D eigenvalue weighted by molar-refractivity contribution is 5.95. The first kappa shape index (κ1) is 18.1. The number of hydrogen-bond donors (Lipinski definition) is 1. The molecule has 0 aliphatic rings. The fraction of sp³-hybridized carbons (Fsp3) is 0.381. The molecule has 0 aliphatic heterocycles. The van der Waals surface area contributed by atoms with E-state index < -0.39 is 6.10 Å². The second-order valence-corrected chi connectivity index (χ2v) is 6.46. The van der Waals surface area contributed by atoms with E-state index >= 15 is 0 Å². The van der Waals surface area contributed by atoms with Crippen LogP contribution >= 0.6 is 0 Å². The van der Waals surface area contributed by atoms with Crippen LogP contribution in [0.15, 0.2) is 42.5 Å². The molecule has 0 unspecified atom stereocenters. The normalized spacial score (nSPS) is 12.1. The molecule has 0 saturated carbocycles. The first-order valence-corrected chi connectivity index (χ1v) is 8.56. The monoisotopic (exact) mass is 325 g/mol. The van der Waals surface area contributed by atoms with Gasteiger partial charge in [-0.05, 0) is 48.9 Å². The van der Waals surface area contributed by atoms with Crippen molar-refractivity contribution in [3.63, 3.8) is 0 Å². The van der Waals surface area contributed by atoms with Crippen LogP contribution in [-0.4, -0.2) is 12.0 Å². The van der Waals surface area contributed by atoms with Gasteiger partial charge in [-0.1, -0.05) is 57.2 Å². The summed E-state index contributed by atoms with van der Waals surface area (Å²) in [5.41, 5.74) is 4.15. The molecule has 0 spiro atoms. The van der Waals surface area contributed by atoms with Crippen molar-refractivity contribution in [3.8, 4) is 5.75 Å². The number of nitrogens with one attached hydrogen (secondary N) is 1. The first-order chi connectivity index (χ1) is 11.4. The molecule has 128 valence electrons. The fourth-order valence-electron chi connectivity index (χ4n) is 2.71. The number of carbonyl (C=O) groups excluding carboxylic acids is 1. The van der Waals surface area contributed by atoms with Crippen LogP contribution in [0.1, 0.15) is 49.8 Å². The minimum atomic E-state index is -0.509. The molecule has 0 aliphatic carbocycles. The molecule has 1 N–H and O–H groups in total. The lowest BCUT2D eigenvalue weighted by molar-refractivity contribution is -0.122. The lowest BCUT2D eigenvalue weighted by Crippen LogP contribution is -2.33. The maximum atomic E-state index is 12.8. The zero-order valence-electron chi connectivity index (χ0n) is 15.2. The van der Waals surface area contributed by atoms with Gasteiger partial charge in [0.15, 0.2) is 6.10 Å². The van der Waals surface area contributed by atoms with Crippen LogP contribution in [0, 0.1) is 13.8 Å². The molecule has 2 aromatic carbocycles. The van der Waals surface area contributed by atoms with Gasteiger partial charge in [0.25, 0.3) is 5.91 Å². The molecule has 3 nitrogen and oxygen atoms in total. The van der Waals surface area contributed by atoms with Crippen molar-refractivity contribution >= 4 is 11.6 Å². The third kappa shape index (κ3) is 4.16. The van der Waals surface area contributed by atoms with Gasteiger partial charge in [-0.25, -0.2) is 0 Å². The van der Waals surface area contributed by atoms with E-state index in [0.717, 1.165) is 28.1 Å². The predicted octanol–water partition coefficient (Wildman–Crippen LogP) is 5.22.